The van der Waals surface area contributed by atoms with Crippen molar-refractivity contribution in [3.05, 3.63) is 23.8 Å². The van der Waals surface area contributed by atoms with Gasteiger partial charge in [-0.15, -0.1) is 0 Å². The molecule has 7 heteroatoms. The molecule has 0 bridgehead atoms. The molecule has 1 aliphatic rings. The number of aliphatic hydroxyl groups excluding tert-OH is 1. The van der Waals surface area contributed by atoms with Crippen LogP contribution in [-0.4, -0.2) is 39.1 Å². The van der Waals surface area contributed by atoms with Gasteiger partial charge in [0.1, 0.15) is 0 Å². The number of sulfonamides is 1. The zero-order valence-corrected chi connectivity index (χ0v) is 13.9. The van der Waals surface area contributed by atoms with Crippen molar-refractivity contribution in [2.24, 2.45) is 0 Å². The summed E-state index contributed by atoms with van der Waals surface area (Å²) in [5.41, 5.74) is 0.762. The number of nitrogens with zero attached hydrogens (tertiary/aromatic N) is 1. The van der Waals surface area contributed by atoms with E-state index in [1.165, 1.54) is 6.07 Å². The van der Waals surface area contributed by atoms with Crippen LogP contribution in [0.15, 0.2) is 23.1 Å². The van der Waals surface area contributed by atoms with Gasteiger partial charge in [0.05, 0.1) is 10.3 Å². The van der Waals surface area contributed by atoms with Gasteiger partial charge in [-0.25, -0.2) is 13.1 Å². The van der Waals surface area contributed by atoms with Gasteiger partial charge >= 0.3 is 0 Å². The lowest BCUT2D eigenvalue weighted by Gasteiger charge is -2.18. The van der Waals surface area contributed by atoms with Crippen LogP contribution in [0.1, 0.15) is 32.8 Å². The van der Waals surface area contributed by atoms with Gasteiger partial charge in [0.2, 0.25) is 15.9 Å². The van der Waals surface area contributed by atoms with Crippen molar-refractivity contribution in [3.63, 3.8) is 0 Å². The number of aliphatic hydroxyl groups is 1. The first kappa shape index (κ1) is 16.9. The molecule has 0 aromatic heterocycles. The minimum atomic E-state index is -3.64. The predicted octanol–water partition coefficient (Wildman–Crippen LogP) is 0.991. The highest BCUT2D eigenvalue weighted by molar-refractivity contribution is 7.89. The van der Waals surface area contributed by atoms with E-state index >= 15 is 0 Å². The molecule has 0 atom stereocenters. The van der Waals surface area contributed by atoms with Crippen LogP contribution in [0.5, 0.6) is 0 Å². The molecule has 0 saturated carbocycles. The third-order valence-electron chi connectivity index (χ3n) is 3.97. The van der Waals surface area contributed by atoms with Crippen LogP contribution in [0.25, 0.3) is 0 Å². The van der Waals surface area contributed by atoms with Crippen LogP contribution < -0.4 is 9.62 Å². The molecule has 122 valence electrons. The van der Waals surface area contributed by atoms with Crippen molar-refractivity contribution >= 4 is 21.6 Å². The van der Waals surface area contributed by atoms with E-state index in [9.17, 15) is 13.2 Å². The Balaban J connectivity index is 2.41. The number of carbonyl (C=O) groups is 1. The van der Waals surface area contributed by atoms with Crippen LogP contribution >= 0.6 is 0 Å². The first-order chi connectivity index (χ1) is 10.3. The van der Waals surface area contributed by atoms with Gasteiger partial charge in [0.25, 0.3) is 0 Å². The second-order valence-corrected chi connectivity index (χ2v) is 7.60. The van der Waals surface area contributed by atoms with Gasteiger partial charge in [-0.2, -0.15) is 0 Å². The second kappa shape index (κ2) is 5.98. The number of hydrogen-bond donors (Lipinski definition) is 2. The fourth-order valence-corrected chi connectivity index (χ4v) is 3.76. The lowest BCUT2D eigenvalue weighted by atomic mass is 9.86. The Morgan fingerprint density at radius 1 is 1.32 bits per heavy atom. The number of benzene rings is 1. The van der Waals surface area contributed by atoms with Crippen LogP contribution in [0.3, 0.4) is 0 Å². The number of rotatable bonds is 6. The van der Waals surface area contributed by atoms with E-state index in [0.29, 0.717) is 13.0 Å². The molecule has 1 heterocycles. The number of nitrogens with one attached hydrogen (secondary N) is 1. The lowest BCUT2D eigenvalue weighted by Crippen LogP contribution is -2.35. The molecule has 22 heavy (non-hydrogen) atoms. The molecule has 0 saturated heterocycles. The van der Waals surface area contributed by atoms with Crippen molar-refractivity contribution < 1.29 is 18.3 Å². The molecule has 6 nitrogen and oxygen atoms in total. The van der Waals surface area contributed by atoms with E-state index in [1.807, 2.05) is 6.92 Å². The Hall–Kier alpha value is -1.44. The average Bonchev–Trinajstić information content (AvgIpc) is 2.66. The normalized spacial score (nSPS) is 16.9. The van der Waals surface area contributed by atoms with Gasteiger partial charge in [-0.05, 0) is 51.0 Å². The Labute approximate surface area is 131 Å². The smallest absolute Gasteiger partial charge is 0.240 e. The summed E-state index contributed by atoms with van der Waals surface area (Å²) in [6.45, 7) is 6.16. The minimum absolute atomic E-state index is 0.0206. The molecular weight excluding hydrogens is 304 g/mol. The first-order valence-electron chi connectivity index (χ1n) is 7.32. The largest absolute Gasteiger partial charge is 0.396 e. The van der Waals surface area contributed by atoms with E-state index in [2.05, 4.69) is 4.72 Å². The third kappa shape index (κ3) is 2.76. The zero-order valence-electron chi connectivity index (χ0n) is 13.1. The average molecular weight is 326 g/mol. The number of likely N-dealkylation sites (N-methyl/N-ethyl adjacent to an activating group) is 1. The third-order valence-corrected chi connectivity index (χ3v) is 5.42. The standard InChI is InChI=1S/C15H22N2O4S/c1-4-17-13-7-6-11(22(20,21)16-8-5-9-18)10-12(13)15(2,3)14(17)19/h6-7,10,16,18H,4-5,8-9H2,1-3H3. The van der Waals surface area contributed by atoms with Crippen molar-refractivity contribution in [1.82, 2.24) is 4.72 Å². The van der Waals surface area contributed by atoms with Gasteiger partial charge in [-0.3, -0.25) is 4.79 Å². The van der Waals surface area contributed by atoms with Crippen LogP contribution in [0, 0.1) is 0 Å². The van der Waals surface area contributed by atoms with Crippen molar-refractivity contribution in [2.75, 3.05) is 24.6 Å². The number of hydrogen-bond acceptors (Lipinski definition) is 4. The highest BCUT2D eigenvalue weighted by Gasteiger charge is 2.43. The molecule has 1 aromatic rings. The maximum absolute atomic E-state index is 12.4. The molecule has 0 fully saturated rings. The predicted molar refractivity (Wildman–Crippen MR) is 84.4 cm³/mol. The zero-order chi connectivity index (χ0) is 16.5. The maximum Gasteiger partial charge on any atom is 0.240 e. The van der Waals surface area contributed by atoms with Crippen molar-refractivity contribution in [3.8, 4) is 0 Å². The summed E-state index contributed by atoms with van der Waals surface area (Å²) >= 11 is 0. The van der Waals surface area contributed by atoms with Crippen LogP contribution in [-0.2, 0) is 20.2 Å². The first-order valence-corrected chi connectivity index (χ1v) is 8.81. The Kier molecular flexibility index (Phi) is 4.60. The van der Waals surface area contributed by atoms with E-state index in [0.717, 1.165) is 11.3 Å². The Morgan fingerprint density at radius 2 is 2.00 bits per heavy atom. The van der Waals surface area contributed by atoms with E-state index in [-0.39, 0.29) is 24.0 Å². The van der Waals surface area contributed by atoms with E-state index in [1.54, 1.807) is 30.9 Å². The summed E-state index contributed by atoms with van der Waals surface area (Å²) in [5, 5.41) is 8.74. The number of amides is 1. The molecule has 2 N–H and O–H groups in total. The summed E-state index contributed by atoms with van der Waals surface area (Å²) < 4.78 is 27.0. The quantitative estimate of drug-likeness (QED) is 0.763. The molecular formula is C15H22N2O4S. The van der Waals surface area contributed by atoms with E-state index < -0.39 is 15.4 Å². The second-order valence-electron chi connectivity index (χ2n) is 5.83. The molecule has 0 radical (unpaired) electrons. The maximum atomic E-state index is 12.4. The van der Waals surface area contributed by atoms with Crippen LogP contribution in [0.4, 0.5) is 5.69 Å². The lowest BCUT2D eigenvalue weighted by molar-refractivity contribution is -0.122. The summed E-state index contributed by atoms with van der Waals surface area (Å²) in [7, 11) is -3.64. The van der Waals surface area contributed by atoms with Gasteiger partial charge in [-0.1, -0.05) is 0 Å². The highest BCUT2D eigenvalue weighted by Crippen LogP contribution is 2.42. The van der Waals surface area contributed by atoms with Crippen molar-refractivity contribution in [1.29, 1.82) is 0 Å². The summed E-state index contributed by atoms with van der Waals surface area (Å²) in [6.07, 6.45) is 0.359. The SMILES string of the molecule is CCN1C(=O)C(C)(C)c2cc(S(=O)(=O)NCCCO)ccc21. The molecule has 1 amide bonds. The highest BCUT2D eigenvalue weighted by atomic mass is 32.2. The minimum Gasteiger partial charge on any atom is -0.396 e. The Morgan fingerprint density at radius 3 is 2.59 bits per heavy atom. The van der Waals surface area contributed by atoms with Gasteiger partial charge in [0, 0.05) is 25.4 Å². The molecule has 0 aliphatic carbocycles. The summed E-state index contributed by atoms with van der Waals surface area (Å²) in [6, 6.07) is 4.77. The molecule has 1 aliphatic heterocycles. The summed E-state index contributed by atoms with van der Waals surface area (Å²) in [5.74, 6) is -0.0206. The number of carbonyl (C=O) groups excluding carboxylic acids is 1. The fourth-order valence-electron chi connectivity index (χ4n) is 2.66. The van der Waals surface area contributed by atoms with Gasteiger partial charge in [0.15, 0.2) is 0 Å². The topological polar surface area (TPSA) is 86.7 Å². The van der Waals surface area contributed by atoms with Crippen LogP contribution in [0.2, 0.25) is 0 Å². The van der Waals surface area contributed by atoms with Gasteiger partial charge < -0.3 is 10.0 Å². The van der Waals surface area contributed by atoms with E-state index in [4.69, 9.17) is 5.11 Å². The number of fused-ring (bicyclic) bond motifs is 1. The molecule has 2 rings (SSSR count). The monoisotopic (exact) mass is 326 g/mol. The summed E-state index contributed by atoms with van der Waals surface area (Å²) in [4.78, 5) is 14.2. The number of anilines is 1. The Bertz CT molecular complexity index is 683. The molecule has 0 spiro atoms. The molecule has 1 aromatic carbocycles. The van der Waals surface area contributed by atoms with Crippen molar-refractivity contribution in [2.45, 2.75) is 37.5 Å². The molecule has 0 unspecified atom stereocenters. The fraction of sp³-hybridized carbons (Fsp3) is 0.533.